The fourth-order valence-corrected chi connectivity index (χ4v) is 6.14. The van der Waals surface area contributed by atoms with E-state index in [4.69, 9.17) is 14.3 Å². The molecule has 0 spiro atoms. The van der Waals surface area contributed by atoms with Crippen LogP contribution in [0.5, 0.6) is 0 Å². The molecule has 0 fully saturated rings. The summed E-state index contributed by atoms with van der Waals surface area (Å²) in [5, 5.41) is 3.87. The second-order valence-electron chi connectivity index (χ2n) is 10.6. The van der Waals surface area contributed by atoms with E-state index in [2.05, 4.69) is 16.8 Å². The summed E-state index contributed by atoms with van der Waals surface area (Å²) in [7, 11) is -3.99. The number of hydrogen-bond acceptors (Lipinski definition) is 7. The Morgan fingerprint density at radius 3 is 2.49 bits per heavy atom. The molecule has 0 unspecified atom stereocenters. The van der Waals surface area contributed by atoms with Crippen LogP contribution in [0.1, 0.15) is 75.8 Å². The summed E-state index contributed by atoms with van der Waals surface area (Å²) < 4.78 is 40.6. The lowest BCUT2D eigenvalue weighted by Crippen LogP contribution is -2.40. The molecule has 0 radical (unpaired) electrons. The second-order valence-corrected chi connectivity index (χ2v) is 12.2. The quantitative estimate of drug-likeness (QED) is 0.250. The zero-order chi connectivity index (χ0) is 29.8. The standard InChI is InChI=1S/C31H40N4O5S/c1-7-10-15-28-32-31(6,8-2)30(36)35(28)19-23-16-17-25(24(18-23)20-39-9-3)26-13-11-12-14-27(26)41(37,38)34-29-21(4)22(5)40-33-29/h11-14,16-18H,7-10,15,19-20H2,1-6H3,(H,33,34)/t31-/m1/s1. The molecule has 0 bridgehead atoms. The average Bonchev–Trinajstić information content (AvgIpc) is 3.40. The lowest BCUT2D eigenvalue weighted by molar-refractivity contribution is -0.131. The van der Waals surface area contributed by atoms with E-state index >= 15 is 0 Å². The van der Waals surface area contributed by atoms with Gasteiger partial charge in [0.05, 0.1) is 18.0 Å². The smallest absolute Gasteiger partial charge is 0.263 e. The maximum Gasteiger partial charge on any atom is 0.263 e. The first-order chi connectivity index (χ1) is 19.5. The number of aromatic nitrogens is 1. The van der Waals surface area contributed by atoms with Gasteiger partial charge in [-0.1, -0.05) is 61.8 Å². The molecule has 0 aliphatic carbocycles. The summed E-state index contributed by atoms with van der Waals surface area (Å²) in [6.07, 6.45) is 3.37. The van der Waals surface area contributed by atoms with Crippen LogP contribution < -0.4 is 4.72 Å². The van der Waals surface area contributed by atoms with Crippen LogP contribution in [-0.2, 0) is 32.7 Å². The van der Waals surface area contributed by atoms with Crippen molar-refractivity contribution in [1.29, 1.82) is 0 Å². The average molecular weight is 581 g/mol. The lowest BCUT2D eigenvalue weighted by Gasteiger charge is -2.23. The predicted octanol–water partition coefficient (Wildman–Crippen LogP) is 6.40. The largest absolute Gasteiger partial charge is 0.377 e. The summed E-state index contributed by atoms with van der Waals surface area (Å²) in [4.78, 5) is 20.2. The molecule has 2 aromatic carbocycles. The van der Waals surface area contributed by atoms with E-state index in [0.717, 1.165) is 41.8 Å². The van der Waals surface area contributed by atoms with Crippen LogP contribution in [0.4, 0.5) is 5.82 Å². The van der Waals surface area contributed by atoms with Gasteiger partial charge in [-0.05, 0) is 63.3 Å². The van der Waals surface area contributed by atoms with Crippen molar-refractivity contribution in [2.45, 2.75) is 90.8 Å². The number of anilines is 1. The molecule has 1 amide bonds. The molecule has 10 heteroatoms. The Bertz CT molecular complexity index is 1550. The minimum Gasteiger partial charge on any atom is -0.377 e. The molecular weight excluding hydrogens is 540 g/mol. The number of amidine groups is 1. The number of rotatable bonds is 13. The van der Waals surface area contributed by atoms with Gasteiger partial charge in [-0.15, -0.1) is 0 Å². The summed E-state index contributed by atoms with van der Waals surface area (Å²) in [5.41, 5.74) is 2.93. The third-order valence-corrected chi connectivity index (χ3v) is 9.06. The minimum absolute atomic E-state index is 0.0161. The Morgan fingerprint density at radius 2 is 1.83 bits per heavy atom. The van der Waals surface area contributed by atoms with Crippen molar-refractivity contribution in [2.75, 3.05) is 11.3 Å². The number of aryl methyl sites for hydroxylation is 1. The number of ether oxygens (including phenoxy) is 1. The highest BCUT2D eigenvalue weighted by Crippen LogP contribution is 2.34. The van der Waals surface area contributed by atoms with Gasteiger partial charge in [0, 0.05) is 24.2 Å². The molecule has 41 heavy (non-hydrogen) atoms. The van der Waals surface area contributed by atoms with Gasteiger partial charge in [0.2, 0.25) is 0 Å². The normalized spacial score (nSPS) is 17.3. The molecule has 2 heterocycles. The van der Waals surface area contributed by atoms with E-state index in [-0.39, 0.29) is 16.6 Å². The van der Waals surface area contributed by atoms with Crippen LogP contribution in [0.2, 0.25) is 0 Å². The molecular formula is C31H40N4O5S. The first-order valence-corrected chi connectivity index (χ1v) is 15.7. The first-order valence-electron chi connectivity index (χ1n) is 14.2. The Labute approximate surface area is 243 Å². The molecule has 1 aliphatic rings. The van der Waals surface area contributed by atoms with Crippen molar-refractivity contribution < 1.29 is 22.5 Å². The SMILES string of the molecule is CCCCC1=N[C@](C)(CC)C(=O)N1Cc1ccc(-c2ccccc2S(=O)(=O)Nc2noc(C)c2C)c(COCC)c1. The number of unbranched alkanes of at least 4 members (excludes halogenated alkanes) is 1. The van der Waals surface area contributed by atoms with Crippen molar-refractivity contribution in [2.24, 2.45) is 4.99 Å². The summed E-state index contributed by atoms with van der Waals surface area (Å²) in [6.45, 7) is 12.6. The number of carbonyl (C=O) groups excluding carboxylic acids is 1. The van der Waals surface area contributed by atoms with Gasteiger partial charge >= 0.3 is 0 Å². The number of benzene rings is 2. The van der Waals surface area contributed by atoms with Crippen LogP contribution in [0.15, 0.2) is 56.9 Å². The third kappa shape index (κ3) is 6.38. The fraction of sp³-hybridized carbons (Fsp3) is 0.452. The summed E-state index contributed by atoms with van der Waals surface area (Å²) in [5.74, 6) is 1.56. The fourth-order valence-electron chi connectivity index (χ4n) is 4.86. The molecule has 1 atom stereocenters. The van der Waals surface area contributed by atoms with Crippen molar-refractivity contribution in [3.8, 4) is 11.1 Å². The molecule has 0 saturated carbocycles. The van der Waals surface area contributed by atoms with Crippen LogP contribution in [0.25, 0.3) is 11.1 Å². The molecule has 1 aromatic heterocycles. The number of nitrogens with zero attached hydrogens (tertiary/aromatic N) is 3. The van der Waals surface area contributed by atoms with Crippen molar-refractivity contribution in [1.82, 2.24) is 10.1 Å². The minimum atomic E-state index is -3.99. The Kier molecular flexibility index (Phi) is 9.34. The van der Waals surface area contributed by atoms with E-state index < -0.39 is 15.6 Å². The highest BCUT2D eigenvalue weighted by atomic mass is 32.2. The van der Waals surface area contributed by atoms with Crippen LogP contribution in [0.3, 0.4) is 0 Å². The predicted molar refractivity (Wildman–Crippen MR) is 160 cm³/mol. The third-order valence-electron chi connectivity index (χ3n) is 7.66. The first kappa shape index (κ1) is 30.5. The maximum absolute atomic E-state index is 13.5. The number of hydrogen-bond donors (Lipinski definition) is 1. The molecule has 9 nitrogen and oxygen atoms in total. The zero-order valence-electron chi connectivity index (χ0n) is 24.8. The molecule has 0 saturated heterocycles. The van der Waals surface area contributed by atoms with E-state index in [9.17, 15) is 13.2 Å². The Morgan fingerprint density at radius 1 is 1.07 bits per heavy atom. The van der Waals surface area contributed by atoms with Gasteiger partial charge in [0.1, 0.15) is 17.1 Å². The van der Waals surface area contributed by atoms with E-state index in [1.165, 1.54) is 0 Å². The summed E-state index contributed by atoms with van der Waals surface area (Å²) in [6, 6.07) is 12.7. The number of sulfonamides is 1. The number of carbonyl (C=O) groups is 1. The number of amides is 1. The van der Waals surface area contributed by atoms with Crippen molar-refractivity contribution >= 4 is 27.6 Å². The Balaban J connectivity index is 1.71. The molecule has 1 aliphatic heterocycles. The maximum atomic E-state index is 13.5. The van der Waals surface area contributed by atoms with Crippen molar-refractivity contribution in [3.63, 3.8) is 0 Å². The highest BCUT2D eigenvalue weighted by Gasteiger charge is 2.42. The van der Waals surface area contributed by atoms with E-state index in [1.807, 2.05) is 49.9 Å². The second kappa shape index (κ2) is 12.6. The van der Waals surface area contributed by atoms with E-state index in [1.54, 1.807) is 32.0 Å². The van der Waals surface area contributed by atoms with Crippen molar-refractivity contribution in [3.05, 3.63) is 64.9 Å². The molecule has 3 aromatic rings. The highest BCUT2D eigenvalue weighted by molar-refractivity contribution is 7.92. The molecule has 220 valence electrons. The molecule has 4 rings (SSSR count). The van der Waals surface area contributed by atoms with Gasteiger partial charge in [0.25, 0.3) is 15.9 Å². The molecule has 1 N–H and O–H groups in total. The van der Waals surface area contributed by atoms with Crippen LogP contribution in [-0.4, -0.2) is 42.4 Å². The topological polar surface area (TPSA) is 114 Å². The van der Waals surface area contributed by atoms with Gasteiger partial charge in [-0.2, -0.15) is 0 Å². The monoisotopic (exact) mass is 580 g/mol. The zero-order valence-corrected chi connectivity index (χ0v) is 25.6. The van der Waals surface area contributed by atoms with Gasteiger partial charge in [-0.3, -0.25) is 19.4 Å². The van der Waals surface area contributed by atoms with Gasteiger partial charge < -0.3 is 9.26 Å². The van der Waals surface area contributed by atoms with E-state index in [0.29, 0.717) is 43.1 Å². The van der Waals surface area contributed by atoms with Gasteiger partial charge in [0.15, 0.2) is 5.82 Å². The lowest BCUT2D eigenvalue weighted by atomic mass is 9.96. The van der Waals surface area contributed by atoms with Gasteiger partial charge in [-0.25, -0.2) is 8.42 Å². The van der Waals surface area contributed by atoms with Crippen LogP contribution >= 0.6 is 0 Å². The number of aliphatic imine (C=N–C) groups is 1. The summed E-state index contributed by atoms with van der Waals surface area (Å²) >= 11 is 0. The Hall–Kier alpha value is -3.50. The van der Waals surface area contributed by atoms with Crippen LogP contribution in [0, 0.1) is 13.8 Å². The number of nitrogens with one attached hydrogen (secondary N) is 1.